The van der Waals surface area contributed by atoms with Gasteiger partial charge in [-0.2, -0.15) is 0 Å². The molecule has 1 amide bonds. The van der Waals surface area contributed by atoms with E-state index in [0.29, 0.717) is 44.8 Å². The van der Waals surface area contributed by atoms with Crippen molar-refractivity contribution in [1.82, 2.24) is 14.1 Å². The Kier molecular flexibility index (Phi) is 5.79. The zero-order valence-electron chi connectivity index (χ0n) is 21.0. The first-order valence-corrected chi connectivity index (χ1v) is 11.7. The van der Waals surface area contributed by atoms with Crippen molar-refractivity contribution in [3.8, 4) is 33.9 Å². The van der Waals surface area contributed by atoms with Gasteiger partial charge in [0.25, 0.3) is 11.1 Å². The maximum atomic E-state index is 13.1. The SMILES string of the molecule is Cc1cccc(C)c1Oc1cn(C)c(=O)cc1-c1cn(C)c(=O)c2[nH]c(-c3ccc(C(N)=O)cc3)cc12. The average molecular weight is 495 g/mol. The maximum absolute atomic E-state index is 13.1. The van der Waals surface area contributed by atoms with Crippen LogP contribution in [0.4, 0.5) is 0 Å². The number of pyridine rings is 2. The molecule has 5 rings (SSSR count). The number of ether oxygens (including phenoxy) is 1. The number of hydrogen-bond acceptors (Lipinski definition) is 4. The largest absolute Gasteiger partial charge is 0.455 e. The van der Waals surface area contributed by atoms with Crippen LogP contribution in [-0.4, -0.2) is 20.0 Å². The van der Waals surface area contributed by atoms with Crippen LogP contribution in [0, 0.1) is 13.8 Å². The third-order valence-electron chi connectivity index (χ3n) is 6.55. The minimum Gasteiger partial charge on any atom is -0.455 e. The van der Waals surface area contributed by atoms with E-state index in [2.05, 4.69) is 4.98 Å². The van der Waals surface area contributed by atoms with Gasteiger partial charge in [-0.25, -0.2) is 0 Å². The topological polar surface area (TPSA) is 112 Å². The second kappa shape index (κ2) is 8.98. The van der Waals surface area contributed by atoms with E-state index in [0.717, 1.165) is 16.7 Å². The first-order chi connectivity index (χ1) is 17.6. The molecule has 0 fully saturated rings. The van der Waals surface area contributed by atoms with Crippen LogP contribution >= 0.6 is 0 Å². The maximum Gasteiger partial charge on any atom is 0.274 e. The first kappa shape index (κ1) is 23.9. The Balaban J connectivity index is 1.73. The second-order valence-corrected chi connectivity index (χ2v) is 9.20. The van der Waals surface area contributed by atoms with Crippen LogP contribution in [-0.2, 0) is 14.1 Å². The summed E-state index contributed by atoms with van der Waals surface area (Å²) < 4.78 is 9.35. The Bertz CT molecular complexity index is 1790. The Labute approximate surface area is 212 Å². The molecule has 3 N–H and O–H groups in total. The van der Waals surface area contributed by atoms with Crippen molar-refractivity contribution in [3.63, 3.8) is 0 Å². The molecule has 0 atom stereocenters. The van der Waals surface area contributed by atoms with Crippen LogP contribution in [0.25, 0.3) is 33.3 Å². The highest BCUT2D eigenvalue weighted by Gasteiger charge is 2.19. The zero-order chi connectivity index (χ0) is 26.4. The highest BCUT2D eigenvalue weighted by Crippen LogP contribution is 2.38. The normalized spacial score (nSPS) is 11.1. The number of nitrogens with two attached hydrogens (primary N) is 1. The molecule has 0 aliphatic carbocycles. The van der Waals surface area contributed by atoms with E-state index in [9.17, 15) is 14.4 Å². The molecule has 0 spiro atoms. The molecule has 0 saturated carbocycles. The number of para-hydroxylation sites is 1. The molecule has 0 bridgehead atoms. The highest BCUT2D eigenvalue weighted by molar-refractivity contribution is 5.99. The van der Waals surface area contributed by atoms with Crippen LogP contribution in [0.5, 0.6) is 11.5 Å². The number of hydrogen-bond donors (Lipinski definition) is 2. The van der Waals surface area contributed by atoms with Gasteiger partial charge in [0, 0.05) is 54.1 Å². The van der Waals surface area contributed by atoms with E-state index in [1.165, 1.54) is 15.2 Å². The van der Waals surface area contributed by atoms with Crippen molar-refractivity contribution in [1.29, 1.82) is 0 Å². The number of nitrogens with zero attached hydrogens (tertiary/aromatic N) is 2. The molecule has 0 unspecified atom stereocenters. The zero-order valence-corrected chi connectivity index (χ0v) is 21.0. The van der Waals surface area contributed by atoms with E-state index in [1.54, 1.807) is 50.8 Å². The standard InChI is InChI=1S/C29H26N4O4/c1-16-6-5-7-17(2)27(16)37-24-15-32(3)25(34)13-20(24)22-14-33(4)29(36)26-21(22)12-23(31-26)18-8-10-19(11-9-18)28(30)35/h5-15,31H,1-4H3,(H2,30,35). The van der Waals surface area contributed by atoms with E-state index in [1.807, 2.05) is 38.1 Å². The summed E-state index contributed by atoms with van der Waals surface area (Å²) in [6.45, 7) is 3.94. The number of aryl methyl sites for hydroxylation is 4. The van der Waals surface area contributed by atoms with Crippen molar-refractivity contribution in [3.05, 3.63) is 104 Å². The number of nitrogens with one attached hydrogen (secondary N) is 1. The molecule has 3 heterocycles. The lowest BCUT2D eigenvalue weighted by atomic mass is 10.0. The molecule has 5 aromatic rings. The quantitative estimate of drug-likeness (QED) is 0.377. The predicted molar refractivity (Wildman–Crippen MR) is 144 cm³/mol. The van der Waals surface area contributed by atoms with Gasteiger partial charge in [0.05, 0.1) is 6.20 Å². The first-order valence-electron chi connectivity index (χ1n) is 11.7. The molecule has 3 aromatic heterocycles. The summed E-state index contributed by atoms with van der Waals surface area (Å²) in [5.74, 6) is 0.696. The lowest BCUT2D eigenvalue weighted by molar-refractivity contribution is 0.100. The van der Waals surface area contributed by atoms with Crippen LogP contribution in [0.1, 0.15) is 21.5 Å². The molecule has 186 valence electrons. The molecule has 0 radical (unpaired) electrons. The minimum absolute atomic E-state index is 0.205. The van der Waals surface area contributed by atoms with Gasteiger partial charge in [-0.15, -0.1) is 0 Å². The Morgan fingerprint density at radius 1 is 0.892 bits per heavy atom. The number of aromatic nitrogens is 3. The van der Waals surface area contributed by atoms with Crippen molar-refractivity contribution in [2.24, 2.45) is 19.8 Å². The van der Waals surface area contributed by atoms with Crippen molar-refractivity contribution < 1.29 is 9.53 Å². The Morgan fingerprint density at radius 2 is 1.57 bits per heavy atom. The molecule has 0 aliphatic heterocycles. The van der Waals surface area contributed by atoms with E-state index >= 15 is 0 Å². The van der Waals surface area contributed by atoms with E-state index in [-0.39, 0.29) is 11.1 Å². The van der Waals surface area contributed by atoms with Gasteiger partial charge >= 0.3 is 0 Å². The molecule has 0 aliphatic rings. The number of amides is 1. The van der Waals surface area contributed by atoms with Crippen molar-refractivity contribution in [2.45, 2.75) is 13.8 Å². The minimum atomic E-state index is -0.513. The van der Waals surface area contributed by atoms with Crippen molar-refractivity contribution >= 4 is 16.8 Å². The smallest absolute Gasteiger partial charge is 0.274 e. The predicted octanol–water partition coefficient (Wildman–Crippen LogP) is 4.41. The number of benzene rings is 2. The molecule has 8 nitrogen and oxygen atoms in total. The summed E-state index contributed by atoms with van der Waals surface area (Å²) in [7, 11) is 3.34. The molecular weight excluding hydrogens is 468 g/mol. The Morgan fingerprint density at radius 3 is 2.22 bits per heavy atom. The lowest BCUT2D eigenvalue weighted by Crippen LogP contribution is -2.18. The highest BCUT2D eigenvalue weighted by atomic mass is 16.5. The number of carbonyl (C=O) groups excluding carboxylic acids is 1. The monoisotopic (exact) mass is 494 g/mol. The van der Waals surface area contributed by atoms with Gasteiger partial charge in [0.2, 0.25) is 5.91 Å². The molecule has 8 heteroatoms. The number of primary amides is 1. The van der Waals surface area contributed by atoms with Gasteiger partial charge in [-0.3, -0.25) is 14.4 Å². The average Bonchev–Trinajstić information content (AvgIpc) is 3.32. The second-order valence-electron chi connectivity index (χ2n) is 9.20. The van der Waals surface area contributed by atoms with E-state index in [4.69, 9.17) is 10.5 Å². The fourth-order valence-corrected chi connectivity index (χ4v) is 4.49. The molecule has 0 saturated heterocycles. The van der Waals surface area contributed by atoms with Crippen LogP contribution < -0.4 is 21.6 Å². The van der Waals surface area contributed by atoms with Crippen molar-refractivity contribution in [2.75, 3.05) is 0 Å². The number of rotatable bonds is 5. The van der Waals surface area contributed by atoms with Gasteiger partial charge in [-0.05, 0) is 48.7 Å². The summed E-state index contributed by atoms with van der Waals surface area (Å²) in [6, 6.07) is 16.1. The fourth-order valence-electron chi connectivity index (χ4n) is 4.49. The number of aromatic amines is 1. The number of carbonyl (C=O) groups is 1. The van der Waals surface area contributed by atoms with Crippen LogP contribution in [0.15, 0.2) is 76.6 Å². The number of H-pyrrole nitrogens is 1. The van der Waals surface area contributed by atoms with Gasteiger partial charge in [0.1, 0.15) is 11.3 Å². The Hall–Kier alpha value is -4.85. The summed E-state index contributed by atoms with van der Waals surface area (Å²) >= 11 is 0. The van der Waals surface area contributed by atoms with Crippen LogP contribution in [0.3, 0.4) is 0 Å². The van der Waals surface area contributed by atoms with Crippen LogP contribution in [0.2, 0.25) is 0 Å². The number of fused-ring (bicyclic) bond motifs is 1. The van der Waals surface area contributed by atoms with Gasteiger partial charge < -0.3 is 24.6 Å². The third-order valence-corrected chi connectivity index (χ3v) is 6.55. The van der Waals surface area contributed by atoms with E-state index < -0.39 is 5.91 Å². The molecule has 37 heavy (non-hydrogen) atoms. The lowest BCUT2D eigenvalue weighted by Gasteiger charge is -2.17. The summed E-state index contributed by atoms with van der Waals surface area (Å²) in [5.41, 5.74) is 10.4. The third kappa shape index (κ3) is 4.23. The fraction of sp³-hybridized carbons (Fsp3) is 0.138. The summed E-state index contributed by atoms with van der Waals surface area (Å²) in [6.07, 6.45) is 3.38. The molecular formula is C29H26N4O4. The van der Waals surface area contributed by atoms with Gasteiger partial charge in [-0.1, -0.05) is 30.3 Å². The molecule has 2 aromatic carbocycles. The van der Waals surface area contributed by atoms with Gasteiger partial charge in [0.15, 0.2) is 5.75 Å². The summed E-state index contributed by atoms with van der Waals surface area (Å²) in [5, 5.41) is 0.650. The summed E-state index contributed by atoms with van der Waals surface area (Å²) in [4.78, 5) is 40.5.